The first kappa shape index (κ1) is 12.7. The summed E-state index contributed by atoms with van der Waals surface area (Å²) in [5, 5.41) is 6.76. The maximum absolute atomic E-state index is 6.25. The van der Waals surface area contributed by atoms with Crippen LogP contribution in [0.3, 0.4) is 0 Å². The molecular weight excluding hydrogens is 305 g/mol. The first-order chi connectivity index (χ1) is 9.09. The second-order valence-electron chi connectivity index (χ2n) is 4.07. The maximum atomic E-state index is 6.25. The van der Waals surface area contributed by atoms with Crippen LogP contribution < -0.4 is 0 Å². The number of pyridine rings is 1. The van der Waals surface area contributed by atoms with E-state index < -0.39 is 0 Å². The normalized spacial score (nSPS) is 11.2. The fraction of sp³-hybridized carbons (Fsp3) is 0.0769. The van der Waals surface area contributed by atoms with Crippen molar-refractivity contribution in [1.82, 2.24) is 14.8 Å². The Morgan fingerprint density at radius 2 is 1.89 bits per heavy atom. The quantitative estimate of drug-likeness (QED) is 0.615. The highest BCUT2D eigenvalue weighted by atomic mass is 35.5. The molecule has 0 N–H and O–H groups in total. The van der Waals surface area contributed by atoms with Crippen LogP contribution in [0.4, 0.5) is 0 Å². The second-order valence-corrected chi connectivity index (χ2v) is 5.21. The molecule has 3 nitrogen and oxygen atoms in total. The summed E-state index contributed by atoms with van der Waals surface area (Å²) < 4.78 is 1.69. The van der Waals surface area contributed by atoms with E-state index in [9.17, 15) is 0 Å². The van der Waals surface area contributed by atoms with Gasteiger partial charge in [-0.15, -0.1) is 0 Å². The Morgan fingerprint density at radius 1 is 1.11 bits per heavy atom. The Labute approximate surface area is 124 Å². The van der Waals surface area contributed by atoms with E-state index >= 15 is 0 Å². The van der Waals surface area contributed by atoms with Gasteiger partial charge in [-0.3, -0.25) is 4.68 Å². The number of rotatable bonds is 1. The van der Waals surface area contributed by atoms with Gasteiger partial charge < -0.3 is 0 Å². The van der Waals surface area contributed by atoms with Crippen molar-refractivity contribution >= 4 is 45.7 Å². The van der Waals surface area contributed by atoms with Gasteiger partial charge >= 0.3 is 0 Å². The highest BCUT2D eigenvalue weighted by Gasteiger charge is 2.16. The zero-order valence-corrected chi connectivity index (χ0v) is 12.1. The predicted molar refractivity (Wildman–Crippen MR) is 79.0 cm³/mol. The van der Waals surface area contributed by atoms with Gasteiger partial charge in [0.2, 0.25) is 0 Å². The van der Waals surface area contributed by atoms with Crippen molar-refractivity contribution in [3.8, 4) is 11.3 Å². The molecule has 0 spiro atoms. The second kappa shape index (κ2) is 4.67. The molecule has 0 aliphatic rings. The minimum absolute atomic E-state index is 0.414. The van der Waals surface area contributed by atoms with Crippen LogP contribution >= 0.6 is 34.8 Å². The molecule has 0 saturated heterocycles. The molecule has 2 aromatic heterocycles. The van der Waals surface area contributed by atoms with Gasteiger partial charge in [-0.25, -0.2) is 4.98 Å². The number of fused-ring (bicyclic) bond motifs is 1. The highest BCUT2D eigenvalue weighted by Crippen LogP contribution is 2.37. The molecule has 1 aromatic carbocycles. The molecule has 0 bridgehead atoms. The zero-order valence-electron chi connectivity index (χ0n) is 9.86. The molecule has 96 valence electrons. The summed E-state index contributed by atoms with van der Waals surface area (Å²) in [6, 6.07) is 7.32. The Balaban J connectivity index is 2.38. The lowest BCUT2D eigenvalue weighted by Gasteiger charge is -2.03. The molecular formula is C13H8Cl3N3. The number of aromatic nitrogens is 3. The SMILES string of the molecule is Cn1nc(-c2cccc(Cl)c2Cl)c2ccnc(Cl)c21. The van der Waals surface area contributed by atoms with E-state index in [1.54, 1.807) is 16.9 Å². The molecule has 3 aromatic rings. The van der Waals surface area contributed by atoms with Crippen LogP contribution in [0.1, 0.15) is 0 Å². The molecule has 0 unspecified atom stereocenters. The van der Waals surface area contributed by atoms with Crippen LogP contribution in [0.2, 0.25) is 15.2 Å². The van der Waals surface area contributed by atoms with Gasteiger partial charge in [-0.1, -0.05) is 46.9 Å². The van der Waals surface area contributed by atoms with Gasteiger partial charge in [-0.2, -0.15) is 5.10 Å². The van der Waals surface area contributed by atoms with Gasteiger partial charge in [0.05, 0.1) is 10.0 Å². The number of halogens is 3. The average molecular weight is 313 g/mol. The van der Waals surface area contributed by atoms with Crippen molar-refractivity contribution in [1.29, 1.82) is 0 Å². The largest absolute Gasteiger partial charge is 0.264 e. The topological polar surface area (TPSA) is 30.7 Å². The molecule has 0 atom stereocenters. The first-order valence-corrected chi connectivity index (χ1v) is 6.64. The van der Waals surface area contributed by atoms with Gasteiger partial charge in [0.1, 0.15) is 11.2 Å². The zero-order chi connectivity index (χ0) is 13.6. The highest BCUT2D eigenvalue weighted by molar-refractivity contribution is 6.44. The van der Waals surface area contributed by atoms with Crippen molar-refractivity contribution in [2.75, 3.05) is 0 Å². The van der Waals surface area contributed by atoms with Gasteiger partial charge in [0.25, 0.3) is 0 Å². The molecule has 0 radical (unpaired) electrons. The Hall–Kier alpha value is -1.29. The smallest absolute Gasteiger partial charge is 0.154 e. The fourth-order valence-corrected chi connectivity index (χ4v) is 2.74. The summed E-state index contributed by atoms with van der Waals surface area (Å²) in [4.78, 5) is 4.06. The van der Waals surface area contributed by atoms with Crippen molar-refractivity contribution in [2.45, 2.75) is 0 Å². The van der Waals surface area contributed by atoms with E-state index in [4.69, 9.17) is 34.8 Å². The summed E-state index contributed by atoms with van der Waals surface area (Å²) in [7, 11) is 1.82. The molecule has 0 aliphatic carbocycles. The summed E-state index contributed by atoms with van der Waals surface area (Å²) in [6.45, 7) is 0. The predicted octanol–water partition coefficient (Wildman–Crippen LogP) is 4.60. The van der Waals surface area contributed by atoms with Crippen LogP contribution in [0, 0.1) is 0 Å². The lowest BCUT2D eigenvalue weighted by atomic mass is 10.1. The minimum atomic E-state index is 0.414. The fourth-order valence-electron chi connectivity index (χ4n) is 2.07. The Morgan fingerprint density at radius 3 is 2.68 bits per heavy atom. The van der Waals surface area contributed by atoms with E-state index in [1.807, 2.05) is 25.2 Å². The molecule has 0 amide bonds. The van der Waals surface area contributed by atoms with Crippen molar-refractivity contribution in [2.24, 2.45) is 7.05 Å². The van der Waals surface area contributed by atoms with Gasteiger partial charge in [0.15, 0.2) is 5.15 Å². The van der Waals surface area contributed by atoms with E-state index in [2.05, 4.69) is 10.1 Å². The van der Waals surface area contributed by atoms with Crippen LogP contribution in [-0.2, 0) is 7.05 Å². The van der Waals surface area contributed by atoms with Crippen LogP contribution in [0.25, 0.3) is 22.2 Å². The van der Waals surface area contributed by atoms with E-state index in [-0.39, 0.29) is 0 Å². The molecule has 0 saturated carbocycles. The van der Waals surface area contributed by atoms with Crippen molar-refractivity contribution in [3.05, 3.63) is 45.7 Å². The van der Waals surface area contributed by atoms with Crippen molar-refractivity contribution < 1.29 is 0 Å². The average Bonchev–Trinajstić information content (AvgIpc) is 2.72. The standard InChI is InChI=1S/C13H8Cl3N3/c1-19-12-8(5-6-17-13(12)16)11(18-19)7-3-2-4-9(14)10(7)15/h2-6H,1H3. The maximum Gasteiger partial charge on any atom is 0.154 e. The van der Waals surface area contributed by atoms with Crippen LogP contribution in [0.5, 0.6) is 0 Å². The summed E-state index contributed by atoms with van der Waals surface area (Å²) in [6.07, 6.45) is 1.65. The molecule has 19 heavy (non-hydrogen) atoms. The summed E-state index contributed by atoms with van der Waals surface area (Å²) in [5.41, 5.74) is 2.30. The lowest BCUT2D eigenvalue weighted by molar-refractivity contribution is 0.799. The minimum Gasteiger partial charge on any atom is -0.264 e. The number of benzene rings is 1. The van der Waals surface area contributed by atoms with E-state index in [0.29, 0.717) is 15.2 Å². The molecule has 3 rings (SSSR count). The number of aryl methyl sites for hydroxylation is 1. The number of hydrogen-bond donors (Lipinski definition) is 0. The van der Waals surface area contributed by atoms with Crippen LogP contribution in [0.15, 0.2) is 30.5 Å². The van der Waals surface area contributed by atoms with E-state index in [1.165, 1.54) is 0 Å². The summed E-state index contributed by atoms with van der Waals surface area (Å²) >= 11 is 18.4. The monoisotopic (exact) mass is 311 g/mol. The van der Waals surface area contributed by atoms with E-state index in [0.717, 1.165) is 22.2 Å². The Kier molecular flexibility index (Phi) is 3.13. The molecule has 2 heterocycles. The van der Waals surface area contributed by atoms with Gasteiger partial charge in [0, 0.05) is 24.2 Å². The van der Waals surface area contributed by atoms with Crippen molar-refractivity contribution in [3.63, 3.8) is 0 Å². The summed E-state index contributed by atoms with van der Waals surface area (Å²) in [5.74, 6) is 0. The third-order valence-corrected chi connectivity index (χ3v) is 4.01. The third-order valence-electron chi connectivity index (χ3n) is 2.92. The lowest BCUT2D eigenvalue weighted by Crippen LogP contribution is -1.91. The van der Waals surface area contributed by atoms with Gasteiger partial charge in [-0.05, 0) is 12.1 Å². The number of hydrogen-bond acceptors (Lipinski definition) is 2. The first-order valence-electron chi connectivity index (χ1n) is 5.51. The number of nitrogens with zero attached hydrogens (tertiary/aromatic N) is 3. The Bertz CT molecular complexity index is 780. The molecule has 0 aliphatic heterocycles. The third kappa shape index (κ3) is 1.98. The molecule has 0 fully saturated rings. The molecule has 6 heteroatoms. The van der Waals surface area contributed by atoms with Crippen LogP contribution in [-0.4, -0.2) is 14.8 Å².